The lowest BCUT2D eigenvalue weighted by Gasteiger charge is -2.34. The summed E-state index contributed by atoms with van der Waals surface area (Å²) in [6.45, 7) is 9.52. The van der Waals surface area contributed by atoms with Crippen LogP contribution in [0.25, 0.3) is 10.6 Å². The molecule has 0 unspecified atom stereocenters. The first-order valence-corrected chi connectivity index (χ1v) is 10.6. The Balaban J connectivity index is 1.28. The molecule has 0 radical (unpaired) electrons. The maximum atomic E-state index is 12.6. The Kier molecular flexibility index (Phi) is 5.64. The molecule has 1 aliphatic rings. The van der Waals surface area contributed by atoms with Crippen molar-refractivity contribution in [1.82, 2.24) is 19.8 Å². The molecule has 29 heavy (non-hydrogen) atoms. The van der Waals surface area contributed by atoms with E-state index >= 15 is 0 Å². The Morgan fingerprint density at radius 3 is 2.41 bits per heavy atom. The molecule has 2 amide bonds. The number of amides is 2. The van der Waals surface area contributed by atoms with E-state index in [0.29, 0.717) is 19.6 Å². The summed E-state index contributed by atoms with van der Waals surface area (Å²) in [5.74, 6) is 1.61. The normalized spacial score (nSPS) is 14.9. The van der Waals surface area contributed by atoms with Gasteiger partial charge in [0.2, 0.25) is 5.89 Å². The summed E-state index contributed by atoms with van der Waals surface area (Å²) >= 11 is 1.63. The van der Waals surface area contributed by atoms with Gasteiger partial charge in [-0.15, -0.1) is 11.3 Å². The molecule has 0 saturated carbocycles. The van der Waals surface area contributed by atoms with Crippen LogP contribution in [0, 0.1) is 20.8 Å². The summed E-state index contributed by atoms with van der Waals surface area (Å²) < 4.78 is 5.66. The van der Waals surface area contributed by atoms with Crippen molar-refractivity contribution in [1.29, 1.82) is 0 Å². The minimum Gasteiger partial charge on any atom is -0.444 e. The summed E-state index contributed by atoms with van der Waals surface area (Å²) in [7, 11) is 0. The van der Waals surface area contributed by atoms with Gasteiger partial charge in [-0.2, -0.15) is 0 Å². The van der Waals surface area contributed by atoms with Gasteiger partial charge in [0.05, 0.1) is 12.2 Å². The van der Waals surface area contributed by atoms with Crippen molar-refractivity contribution < 1.29 is 9.21 Å². The zero-order chi connectivity index (χ0) is 20.4. The molecule has 0 spiro atoms. The van der Waals surface area contributed by atoms with Gasteiger partial charge in [-0.1, -0.05) is 0 Å². The molecule has 0 atom stereocenters. The van der Waals surface area contributed by atoms with Crippen LogP contribution < -0.4 is 5.32 Å². The van der Waals surface area contributed by atoms with Gasteiger partial charge in [0.1, 0.15) is 10.8 Å². The number of urea groups is 1. The smallest absolute Gasteiger partial charge is 0.321 e. The predicted molar refractivity (Wildman–Crippen MR) is 114 cm³/mol. The van der Waals surface area contributed by atoms with Gasteiger partial charge < -0.3 is 14.6 Å². The summed E-state index contributed by atoms with van der Waals surface area (Å²) in [6, 6.07) is 7.77. The number of carbonyl (C=O) groups excluding carboxylic acids is 1. The number of aryl methyl sites for hydroxylation is 3. The monoisotopic (exact) mass is 411 g/mol. The largest absolute Gasteiger partial charge is 0.444 e. The van der Waals surface area contributed by atoms with Crippen molar-refractivity contribution in [3.8, 4) is 10.6 Å². The molecular formula is C21H25N5O2S. The Morgan fingerprint density at radius 2 is 1.83 bits per heavy atom. The number of aromatic nitrogens is 2. The predicted octanol–water partition coefficient (Wildman–Crippen LogP) is 4.07. The minimum atomic E-state index is -0.0645. The first kappa shape index (κ1) is 19.6. The highest BCUT2D eigenvalue weighted by Crippen LogP contribution is 2.25. The molecule has 0 aliphatic carbocycles. The highest BCUT2D eigenvalue weighted by molar-refractivity contribution is 7.13. The molecule has 8 heteroatoms. The number of carbonyl (C=O) groups is 1. The standard InChI is InChI=1S/C21H25N5O2S/c1-14-13-29-20(22-14)17-4-6-18(7-5-17)24-21(27)26-10-8-25(9-11-26)12-19-23-15(2)16(3)28-19/h4-7,13H,8-12H2,1-3H3,(H,24,27). The number of hydrogen-bond acceptors (Lipinski definition) is 6. The van der Waals surface area contributed by atoms with E-state index in [2.05, 4.69) is 20.2 Å². The Hall–Kier alpha value is -2.71. The average Bonchev–Trinajstić information content (AvgIpc) is 3.28. The van der Waals surface area contributed by atoms with Crippen LogP contribution in [0.3, 0.4) is 0 Å². The van der Waals surface area contributed by atoms with Crippen LogP contribution in [0.2, 0.25) is 0 Å². The van der Waals surface area contributed by atoms with Gasteiger partial charge in [0.15, 0.2) is 0 Å². The van der Waals surface area contributed by atoms with E-state index in [4.69, 9.17) is 4.42 Å². The van der Waals surface area contributed by atoms with Gasteiger partial charge in [-0.05, 0) is 45.0 Å². The lowest BCUT2D eigenvalue weighted by molar-refractivity contribution is 0.135. The number of hydrogen-bond donors (Lipinski definition) is 1. The fraction of sp³-hybridized carbons (Fsp3) is 0.381. The van der Waals surface area contributed by atoms with Crippen molar-refractivity contribution >= 4 is 23.1 Å². The zero-order valence-electron chi connectivity index (χ0n) is 16.9. The molecule has 152 valence electrons. The van der Waals surface area contributed by atoms with E-state index in [1.165, 1.54) is 0 Å². The average molecular weight is 412 g/mol. The summed E-state index contributed by atoms with van der Waals surface area (Å²) in [4.78, 5) is 25.6. The van der Waals surface area contributed by atoms with Gasteiger partial charge in [0.25, 0.3) is 0 Å². The minimum absolute atomic E-state index is 0.0645. The molecule has 4 rings (SSSR count). The first-order chi connectivity index (χ1) is 14.0. The van der Waals surface area contributed by atoms with E-state index in [1.54, 1.807) is 11.3 Å². The first-order valence-electron chi connectivity index (χ1n) is 9.71. The third kappa shape index (κ3) is 4.65. The van der Waals surface area contributed by atoms with Crippen molar-refractivity contribution in [2.45, 2.75) is 27.3 Å². The number of piperazine rings is 1. The van der Waals surface area contributed by atoms with E-state index in [-0.39, 0.29) is 6.03 Å². The van der Waals surface area contributed by atoms with Crippen LogP contribution in [-0.4, -0.2) is 52.0 Å². The molecule has 1 fully saturated rings. The Bertz CT molecular complexity index is 967. The highest BCUT2D eigenvalue weighted by Gasteiger charge is 2.22. The van der Waals surface area contributed by atoms with Crippen LogP contribution in [0.15, 0.2) is 34.1 Å². The van der Waals surface area contributed by atoms with Crippen LogP contribution in [-0.2, 0) is 6.54 Å². The van der Waals surface area contributed by atoms with Crippen LogP contribution in [0.1, 0.15) is 23.0 Å². The van der Waals surface area contributed by atoms with Crippen LogP contribution in [0.4, 0.5) is 10.5 Å². The lowest BCUT2D eigenvalue weighted by Crippen LogP contribution is -2.49. The maximum Gasteiger partial charge on any atom is 0.321 e. The number of nitrogens with one attached hydrogen (secondary N) is 1. The van der Waals surface area contributed by atoms with Crippen molar-refractivity contribution in [3.63, 3.8) is 0 Å². The molecule has 7 nitrogen and oxygen atoms in total. The van der Waals surface area contributed by atoms with E-state index in [1.807, 2.05) is 55.3 Å². The molecule has 1 aliphatic heterocycles. The van der Waals surface area contributed by atoms with Crippen LogP contribution >= 0.6 is 11.3 Å². The highest BCUT2D eigenvalue weighted by atomic mass is 32.1. The summed E-state index contributed by atoms with van der Waals surface area (Å²) in [6.07, 6.45) is 0. The van der Waals surface area contributed by atoms with Crippen LogP contribution in [0.5, 0.6) is 0 Å². The van der Waals surface area contributed by atoms with E-state index < -0.39 is 0 Å². The fourth-order valence-electron chi connectivity index (χ4n) is 3.29. The quantitative estimate of drug-likeness (QED) is 0.700. The SMILES string of the molecule is Cc1csc(-c2ccc(NC(=O)N3CCN(Cc4nc(C)c(C)o4)CC3)cc2)n1. The molecule has 3 aromatic rings. The number of rotatable bonds is 4. The Labute approximate surface area is 174 Å². The lowest BCUT2D eigenvalue weighted by atomic mass is 10.2. The molecule has 0 bridgehead atoms. The summed E-state index contributed by atoms with van der Waals surface area (Å²) in [5.41, 5.74) is 3.82. The van der Waals surface area contributed by atoms with E-state index in [0.717, 1.165) is 52.4 Å². The second-order valence-electron chi connectivity index (χ2n) is 7.31. The van der Waals surface area contributed by atoms with Gasteiger partial charge >= 0.3 is 6.03 Å². The zero-order valence-corrected chi connectivity index (χ0v) is 17.8. The molecule has 1 N–H and O–H groups in total. The molecule has 1 aromatic carbocycles. The number of benzene rings is 1. The van der Waals surface area contributed by atoms with E-state index in [9.17, 15) is 4.79 Å². The molecule has 1 saturated heterocycles. The van der Waals surface area contributed by atoms with Crippen molar-refractivity contribution in [2.75, 3.05) is 31.5 Å². The number of oxazole rings is 1. The third-order valence-electron chi connectivity index (χ3n) is 5.09. The Morgan fingerprint density at radius 1 is 1.10 bits per heavy atom. The summed E-state index contributed by atoms with van der Waals surface area (Å²) in [5, 5.41) is 6.02. The number of anilines is 1. The third-order valence-corrected chi connectivity index (χ3v) is 6.10. The second-order valence-corrected chi connectivity index (χ2v) is 8.17. The molecule has 3 heterocycles. The maximum absolute atomic E-state index is 12.6. The fourth-order valence-corrected chi connectivity index (χ4v) is 4.10. The molecule has 2 aromatic heterocycles. The molecular weight excluding hydrogens is 386 g/mol. The van der Waals surface area contributed by atoms with Crippen molar-refractivity contribution in [3.05, 3.63) is 52.7 Å². The second kappa shape index (κ2) is 8.34. The number of thiazole rings is 1. The topological polar surface area (TPSA) is 74.5 Å². The van der Waals surface area contributed by atoms with Gasteiger partial charge in [-0.3, -0.25) is 4.90 Å². The van der Waals surface area contributed by atoms with Gasteiger partial charge in [-0.25, -0.2) is 14.8 Å². The van der Waals surface area contributed by atoms with Gasteiger partial charge in [0, 0.05) is 48.5 Å². The number of nitrogens with zero attached hydrogens (tertiary/aromatic N) is 4. The van der Waals surface area contributed by atoms with Crippen molar-refractivity contribution in [2.24, 2.45) is 0 Å².